The van der Waals surface area contributed by atoms with E-state index < -0.39 is 0 Å². The van der Waals surface area contributed by atoms with E-state index in [-0.39, 0.29) is 5.91 Å². The Kier molecular flexibility index (Phi) is 3.07. The van der Waals surface area contributed by atoms with Crippen LogP contribution in [-0.2, 0) is 6.42 Å². The lowest BCUT2D eigenvalue weighted by Crippen LogP contribution is -2.13. The molecular formula is C15H17N3O. The number of carbonyl (C=O) groups is 1. The lowest BCUT2D eigenvalue weighted by molar-refractivity contribution is 0.102. The van der Waals surface area contributed by atoms with Crippen LogP contribution < -0.4 is 5.32 Å². The van der Waals surface area contributed by atoms with Crippen molar-refractivity contribution in [2.45, 2.75) is 32.2 Å². The summed E-state index contributed by atoms with van der Waals surface area (Å²) in [7, 11) is 0. The summed E-state index contributed by atoms with van der Waals surface area (Å²) >= 11 is 0. The second-order valence-corrected chi connectivity index (χ2v) is 4.92. The van der Waals surface area contributed by atoms with Crippen molar-refractivity contribution in [3.05, 3.63) is 47.7 Å². The van der Waals surface area contributed by atoms with Gasteiger partial charge in [0.1, 0.15) is 0 Å². The van der Waals surface area contributed by atoms with Gasteiger partial charge in [0.25, 0.3) is 5.91 Å². The van der Waals surface area contributed by atoms with Crippen LogP contribution in [0.3, 0.4) is 0 Å². The zero-order valence-corrected chi connectivity index (χ0v) is 11.0. The topological polar surface area (TPSA) is 46.9 Å². The van der Waals surface area contributed by atoms with Crippen molar-refractivity contribution in [3.63, 3.8) is 0 Å². The molecule has 1 N–H and O–H groups in total. The van der Waals surface area contributed by atoms with E-state index in [2.05, 4.69) is 17.3 Å². The molecule has 3 rings (SSSR count). The van der Waals surface area contributed by atoms with Crippen molar-refractivity contribution >= 4 is 11.7 Å². The highest BCUT2D eigenvalue weighted by Gasteiger charge is 2.24. The molecule has 0 radical (unpaired) electrons. The molecular weight excluding hydrogens is 238 g/mol. The number of aryl methyl sites for hydroxylation is 1. The molecule has 1 aromatic carbocycles. The van der Waals surface area contributed by atoms with Crippen molar-refractivity contribution in [2.24, 2.45) is 0 Å². The molecule has 4 nitrogen and oxygen atoms in total. The van der Waals surface area contributed by atoms with Crippen LogP contribution in [-0.4, -0.2) is 15.7 Å². The molecule has 1 aromatic heterocycles. The third-order valence-electron chi connectivity index (χ3n) is 3.37. The summed E-state index contributed by atoms with van der Waals surface area (Å²) in [6.45, 7) is 2.08. The van der Waals surface area contributed by atoms with Gasteiger partial charge in [0.15, 0.2) is 5.82 Å². The molecule has 1 heterocycles. The van der Waals surface area contributed by atoms with Crippen LogP contribution >= 0.6 is 0 Å². The number of aromatic nitrogens is 2. The van der Waals surface area contributed by atoms with Gasteiger partial charge in [0.2, 0.25) is 0 Å². The smallest absolute Gasteiger partial charge is 0.256 e. The first-order valence-corrected chi connectivity index (χ1v) is 6.71. The molecule has 0 spiro atoms. The number of nitrogens with zero attached hydrogens (tertiary/aromatic N) is 2. The Bertz CT molecular complexity index is 599. The first kappa shape index (κ1) is 12.0. The van der Waals surface area contributed by atoms with Gasteiger partial charge < -0.3 is 5.32 Å². The summed E-state index contributed by atoms with van der Waals surface area (Å²) in [6, 6.07) is 10.1. The molecule has 0 saturated heterocycles. The van der Waals surface area contributed by atoms with E-state index in [1.165, 1.54) is 12.8 Å². The van der Waals surface area contributed by atoms with Crippen molar-refractivity contribution in [3.8, 4) is 0 Å². The normalized spacial score (nSPS) is 14.4. The Hall–Kier alpha value is -2.10. The standard InChI is InChI=1S/C15H17N3O/c1-2-11-4-3-5-12(10-11)15(19)16-14-8-9-18(17-14)13-6-7-13/h3-5,8-10,13H,2,6-7H2,1H3,(H,16,17,19). The lowest BCUT2D eigenvalue weighted by atomic mass is 10.1. The average molecular weight is 255 g/mol. The highest BCUT2D eigenvalue weighted by Crippen LogP contribution is 2.34. The van der Waals surface area contributed by atoms with E-state index in [0.717, 1.165) is 12.0 Å². The highest BCUT2D eigenvalue weighted by atomic mass is 16.1. The van der Waals surface area contributed by atoms with Crippen LogP contribution in [0.25, 0.3) is 0 Å². The molecule has 0 aliphatic heterocycles. The third-order valence-corrected chi connectivity index (χ3v) is 3.37. The van der Waals surface area contributed by atoms with Crippen molar-refractivity contribution < 1.29 is 4.79 Å². The number of carbonyl (C=O) groups excluding carboxylic acids is 1. The Morgan fingerprint density at radius 1 is 1.42 bits per heavy atom. The van der Waals surface area contributed by atoms with Gasteiger partial charge in [0, 0.05) is 17.8 Å². The summed E-state index contributed by atoms with van der Waals surface area (Å²) in [6.07, 6.45) is 5.23. The van der Waals surface area contributed by atoms with E-state index in [9.17, 15) is 4.79 Å². The fraction of sp³-hybridized carbons (Fsp3) is 0.333. The summed E-state index contributed by atoms with van der Waals surface area (Å²) in [5, 5.41) is 7.21. The maximum Gasteiger partial charge on any atom is 0.256 e. The van der Waals surface area contributed by atoms with Gasteiger partial charge in [0.05, 0.1) is 6.04 Å². The molecule has 0 bridgehead atoms. The zero-order valence-electron chi connectivity index (χ0n) is 11.0. The van der Waals surface area contributed by atoms with Crippen LogP contribution in [0.4, 0.5) is 5.82 Å². The molecule has 98 valence electrons. The Balaban J connectivity index is 1.72. The molecule has 1 amide bonds. The number of rotatable bonds is 4. The molecule has 4 heteroatoms. The summed E-state index contributed by atoms with van der Waals surface area (Å²) in [5.41, 5.74) is 1.84. The molecule has 0 unspecified atom stereocenters. The Labute approximate surface area is 112 Å². The summed E-state index contributed by atoms with van der Waals surface area (Å²) < 4.78 is 1.93. The van der Waals surface area contributed by atoms with E-state index in [0.29, 0.717) is 17.4 Å². The SMILES string of the molecule is CCc1cccc(C(=O)Nc2ccn(C3CC3)n2)c1. The lowest BCUT2D eigenvalue weighted by Gasteiger charge is -2.04. The maximum atomic E-state index is 12.1. The number of anilines is 1. The summed E-state index contributed by atoms with van der Waals surface area (Å²) in [5.74, 6) is 0.523. The largest absolute Gasteiger partial charge is 0.305 e. The minimum Gasteiger partial charge on any atom is -0.305 e. The van der Waals surface area contributed by atoms with Crippen molar-refractivity contribution in [1.82, 2.24) is 9.78 Å². The maximum absolute atomic E-state index is 12.1. The number of benzene rings is 1. The second kappa shape index (κ2) is 4.88. The minimum atomic E-state index is -0.101. The van der Waals surface area contributed by atoms with Crippen LogP contribution in [0.5, 0.6) is 0 Å². The van der Waals surface area contributed by atoms with E-state index in [1.54, 1.807) is 0 Å². The van der Waals surface area contributed by atoms with Crippen LogP contribution in [0.1, 0.15) is 41.7 Å². The van der Waals surface area contributed by atoms with Crippen molar-refractivity contribution in [2.75, 3.05) is 5.32 Å². The molecule has 1 fully saturated rings. The van der Waals surface area contributed by atoms with Gasteiger partial charge in [-0.2, -0.15) is 5.10 Å². The first-order chi connectivity index (χ1) is 9.26. The van der Waals surface area contributed by atoms with Crippen LogP contribution in [0.15, 0.2) is 36.5 Å². The van der Waals surface area contributed by atoms with Gasteiger partial charge in [-0.05, 0) is 37.0 Å². The monoisotopic (exact) mass is 255 g/mol. The van der Waals surface area contributed by atoms with E-state index >= 15 is 0 Å². The third kappa shape index (κ3) is 2.67. The number of nitrogens with one attached hydrogen (secondary N) is 1. The first-order valence-electron chi connectivity index (χ1n) is 6.71. The fourth-order valence-corrected chi connectivity index (χ4v) is 2.07. The second-order valence-electron chi connectivity index (χ2n) is 4.92. The van der Waals surface area contributed by atoms with Gasteiger partial charge in [-0.25, -0.2) is 0 Å². The summed E-state index contributed by atoms with van der Waals surface area (Å²) in [4.78, 5) is 12.1. The number of hydrogen-bond acceptors (Lipinski definition) is 2. The molecule has 1 aliphatic carbocycles. The quantitative estimate of drug-likeness (QED) is 0.912. The molecule has 1 aliphatic rings. The Morgan fingerprint density at radius 2 is 2.26 bits per heavy atom. The predicted octanol–water partition coefficient (Wildman–Crippen LogP) is 3.03. The zero-order chi connectivity index (χ0) is 13.2. The van der Waals surface area contributed by atoms with Crippen LogP contribution in [0, 0.1) is 0 Å². The van der Waals surface area contributed by atoms with Crippen LogP contribution in [0.2, 0.25) is 0 Å². The number of hydrogen-bond donors (Lipinski definition) is 1. The molecule has 19 heavy (non-hydrogen) atoms. The fourth-order valence-electron chi connectivity index (χ4n) is 2.07. The number of amides is 1. The van der Waals surface area contributed by atoms with Gasteiger partial charge in [-0.15, -0.1) is 0 Å². The van der Waals surface area contributed by atoms with E-state index in [1.807, 2.05) is 41.2 Å². The van der Waals surface area contributed by atoms with Crippen molar-refractivity contribution in [1.29, 1.82) is 0 Å². The highest BCUT2D eigenvalue weighted by molar-refractivity contribution is 6.03. The van der Waals surface area contributed by atoms with Gasteiger partial charge in [-0.3, -0.25) is 9.48 Å². The average Bonchev–Trinajstić information content (AvgIpc) is 3.19. The molecule has 1 saturated carbocycles. The van der Waals surface area contributed by atoms with E-state index in [4.69, 9.17) is 0 Å². The minimum absolute atomic E-state index is 0.101. The van der Waals surface area contributed by atoms with Gasteiger partial charge in [-0.1, -0.05) is 19.1 Å². The Morgan fingerprint density at radius 3 is 3.00 bits per heavy atom. The predicted molar refractivity (Wildman–Crippen MR) is 74.3 cm³/mol. The molecule has 2 aromatic rings. The van der Waals surface area contributed by atoms with Gasteiger partial charge >= 0.3 is 0 Å². The molecule has 0 atom stereocenters.